The summed E-state index contributed by atoms with van der Waals surface area (Å²) in [7, 11) is 0. The molecule has 0 aliphatic carbocycles. The third-order valence-corrected chi connectivity index (χ3v) is 4.86. The average molecular weight is 343 g/mol. The van der Waals surface area contributed by atoms with E-state index < -0.39 is 0 Å². The summed E-state index contributed by atoms with van der Waals surface area (Å²) >= 11 is 0. The van der Waals surface area contributed by atoms with Crippen LogP contribution < -0.4 is 15.5 Å². The molecule has 2 N–H and O–H groups in total. The number of urea groups is 1. The number of carbonyl (C=O) groups is 2. The lowest BCUT2D eigenvalue weighted by Crippen LogP contribution is -2.52. The molecule has 2 aliphatic rings. The lowest BCUT2D eigenvalue weighted by Gasteiger charge is -2.39. The minimum Gasteiger partial charge on any atom is -0.463 e. The van der Waals surface area contributed by atoms with Crippen molar-refractivity contribution >= 4 is 17.7 Å². The number of esters is 1. The molecule has 0 spiro atoms. The Morgan fingerprint density at radius 3 is 2.84 bits per heavy atom. The fourth-order valence-corrected chi connectivity index (χ4v) is 3.58. The van der Waals surface area contributed by atoms with Crippen LogP contribution in [0.15, 0.2) is 35.5 Å². The summed E-state index contributed by atoms with van der Waals surface area (Å²) in [6, 6.07) is 7.97. The molecule has 6 heteroatoms. The standard InChI is InChI=1S/C19H25N3O3/c1-4-25-18(23)17-13(3)20-19(24)21-15(17)11-22-12(2)9-10-14-7-5-6-8-16(14)22/h5-8,12-13H,4,9-11H2,1-3H3,(H2,20,21,24)/t12-,13-/m0/s1. The fourth-order valence-electron chi connectivity index (χ4n) is 3.58. The van der Waals surface area contributed by atoms with Crippen molar-refractivity contribution in [1.82, 2.24) is 10.6 Å². The summed E-state index contributed by atoms with van der Waals surface area (Å²) in [6.07, 6.45) is 2.09. The second-order valence-electron chi connectivity index (χ2n) is 6.58. The number of aryl methyl sites for hydroxylation is 1. The van der Waals surface area contributed by atoms with Crippen molar-refractivity contribution < 1.29 is 14.3 Å². The van der Waals surface area contributed by atoms with Gasteiger partial charge in [0, 0.05) is 11.7 Å². The summed E-state index contributed by atoms with van der Waals surface area (Å²) in [6.45, 7) is 6.54. The van der Waals surface area contributed by atoms with E-state index in [1.54, 1.807) is 13.8 Å². The lowest BCUT2D eigenvalue weighted by atomic mass is 9.95. The Morgan fingerprint density at radius 1 is 1.32 bits per heavy atom. The third-order valence-electron chi connectivity index (χ3n) is 4.86. The van der Waals surface area contributed by atoms with Crippen molar-refractivity contribution in [1.29, 1.82) is 0 Å². The van der Waals surface area contributed by atoms with Gasteiger partial charge in [0.15, 0.2) is 0 Å². The molecule has 2 atom stereocenters. The van der Waals surface area contributed by atoms with Crippen LogP contribution in [0.5, 0.6) is 0 Å². The molecular weight excluding hydrogens is 318 g/mol. The normalized spacial score (nSPS) is 22.8. The van der Waals surface area contributed by atoms with Crippen LogP contribution in [0.2, 0.25) is 0 Å². The zero-order valence-electron chi connectivity index (χ0n) is 15.0. The number of ether oxygens (including phenoxy) is 1. The number of fused-ring (bicyclic) bond motifs is 1. The summed E-state index contributed by atoms with van der Waals surface area (Å²) in [5, 5.41) is 5.56. The Balaban J connectivity index is 1.96. The van der Waals surface area contributed by atoms with E-state index in [9.17, 15) is 9.59 Å². The van der Waals surface area contributed by atoms with Gasteiger partial charge in [0.05, 0.1) is 30.5 Å². The molecule has 3 rings (SSSR count). The second-order valence-corrected chi connectivity index (χ2v) is 6.58. The molecule has 0 saturated heterocycles. The van der Waals surface area contributed by atoms with Gasteiger partial charge >= 0.3 is 12.0 Å². The highest BCUT2D eigenvalue weighted by molar-refractivity contribution is 5.95. The number of hydrogen-bond acceptors (Lipinski definition) is 4. The van der Waals surface area contributed by atoms with Gasteiger partial charge in [-0.25, -0.2) is 9.59 Å². The van der Waals surface area contributed by atoms with Gasteiger partial charge in [0.2, 0.25) is 0 Å². The zero-order valence-corrected chi connectivity index (χ0v) is 15.0. The SMILES string of the molecule is CCOC(=O)C1=C(CN2c3ccccc3CC[C@@H]2C)NC(=O)N[C@H]1C. The first kappa shape index (κ1) is 17.3. The van der Waals surface area contributed by atoms with Crippen LogP contribution >= 0.6 is 0 Å². The van der Waals surface area contributed by atoms with E-state index in [4.69, 9.17) is 4.74 Å². The molecule has 2 aliphatic heterocycles. The number of benzene rings is 1. The van der Waals surface area contributed by atoms with Gasteiger partial charge in [0.25, 0.3) is 0 Å². The number of nitrogens with zero attached hydrogens (tertiary/aromatic N) is 1. The maximum Gasteiger partial charge on any atom is 0.337 e. The topological polar surface area (TPSA) is 70.7 Å². The Bertz CT molecular complexity index is 714. The van der Waals surface area contributed by atoms with Crippen LogP contribution in [0.25, 0.3) is 0 Å². The van der Waals surface area contributed by atoms with E-state index in [1.165, 1.54) is 5.56 Å². The van der Waals surface area contributed by atoms with Crippen molar-refractivity contribution in [2.75, 3.05) is 18.1 Å². The fraction of sp³-hybridized carbons (Fsp3) is 0.474. The Morgan fingerprint density at radius 2 is 2.08 bits per heavy atom. The van der Waals surface area contributed by atoms with Crippen molar-refractivity contribution in [2.24, 2.45) is 0 Å². The summed E-state index contributed by atoms with van der Waals surface area (Å²) < 4.78 is 5.20. The minimum absolute atomic E-state index is 0.284. The number of para-hydroxylation sites is 1. The van der Waals surface area contributed by atoms with Gasteiger partial charge < -0.3 is 20.3 Å². The molecule has 2 heterocycles. The van der Waals surface area contributed by atoms with Gasteiger partial charge in [-0.15, -0.1) is 0 Å². The molecule has 6 nitrogen and oxygen atoms in total. The van der Waals surface area contributed by atoms with Crippen LogP contribution in [0.1, 0.15) is 32.8 Å². The number of amides is 2. The average Bonchev–Trinajstić information content (AvgIpc) is 2.57. The van der Waals surface area contributed by atoms with Crippen LogP contribution in [0.4, 0.5) is 10.5 Å². The Labute approximate surface area is 148 Å². The third kappa shape index (κ3) is 3.48. The van der Waals surface area contributed by atoms with Gasteiger partial charge in [-0.05, 0) is 45.2 Å². The maximum atomic E-state index is 12.4. The number of carbonyl (C=O) groups excluding carboxylic acids is 2. The van der Waals surface area contributed by atoms with E-state index in [0.29, 0.717) is 30.5 Å². The van der Waals surface area contributed by atoms with Gasteiger partial charge in [-0.3, -0.25) is 0 Å². The molecule has 0 fully saturated rings. The predicted octanol–water partition coefficient (Wildman–Crippen LogP) is 2.35. The molecule has 25 heavy (non-hydrogen) atoms. The van der Waals surface area contributed by atoms with Crippen molar-refractivity contribution in [2.45, 2.75) is 45.7 Å². The first-order valence-corrected chi connectivity index (χ1v) is 8.83. The molecule has 2 amide bonds. The van der Waals surface area contributed by atoms with Crippen LogP contribution in [-0.4, -0.2) is 37.2 Å². The highest BCUT2D eigenvalue weighted by Gasteiger charge is 2.32. The van der Waals surface area contributed by atoms with Gasteiger partial charge in [-0.2, -0.15) is 0 Å². The van der Waals surface area contributed by atoms with Crippen molar-refractivity contribution in [3.63, 3.8) is 0 Å². The number of rotatable bonds is 4. The zero-order chi connectivity index (χ0) is 18.0. The molecule has 134 valence electrons. The molecule has 0 aromatic heterocycles. The molecule has 1 aromatic carbocycles. The quantitative estimate of drug-likeness (QED) is 0.823. The van der Waals surface area contributed by atoms with Crippen LogP contribution in [0.3, 0.4) is 0 Å². The summed E-state index contributed by atoms with van der Waals surface area (Å²) in [5.41, 5.74) is 3.58. The summed E-state index contributed by atoms with van der Waals surface area (Å²) in [4.78, 5) is 26.6. The van der Waals surface area contributed by atoms with Gasteiger partial charge in [0.1, 0.15) is 0 Å². The molecule has 0 bridgehead atoms. The number of hydrogen-bond donors (Lipinski definition) is 2. The molecular formula is C19H25N3O3. The molecule has 0 radical (unpaired) electrons. The number of nitrogens with one attached hydrogen (secondary N) is 2. The Kier molecular flexibility index (Phi) is 4.97. The largest absolute Gasteiger partial charge is 0.463 e. The monoisotopic (exact) mass is 343 g/mol. The van der Waals surface area contributed by atoms with Crippen molar-refractivity contribution in [3.8, 4) is 0 Å². The van der Waals surface area contributed by atoms with Crippen molar-refractivity contribution in [3.05, 3.63) is 41.1 Å². The molecule has 0 unspecified atom stereocenters. The van der Waals surface area contributed by atoms with Gasteiger partial charge in [-0.1, -0.05) is 18.2 Å². The first-order valence-electron chi connectivity index (χ1n) is 8.83. The highest BCUT2D eigenvalue weighted by Crippen LogP contribution is 2.31. The summed E-state index contributed by atoms with van der Waals surface area (Å²) in [5.74, 6) is -0.379. The maximum absolute atomic E-state index is 12.4. The van der Waals surface area contributed by atoms with E-state index in [-0.39, 0.29) is 18.0 Å². The lowest BCUT2D eigenvalue weighted by molar-refractivity contribution is -0.139. The van der Waals surface area contributed by atoms with E-state index in [1.807, 2.05) is 12.1 Å². The van der Waals surface area contributed by atoms with E-state index >= 15 is 0 Å². The highest BCUT2D eigenvalue weighted by atomic mass is 16.5. The molecule has 1 aromatic rings. The van der Waals surface area contributed by atoms with E-state index in [0.717, 1.165) is 18.5 Å². The number of anilines is 1. The smallest absolute Gasteiger partial charge is 0.337 e. The minimum atomic E-state index is -0.379. The van der Waals surface area contributed by atoms with Crippen LogP contribution in [0, 0.1) is 0 Å². The first-order chi connectivity index (χ1) is 12.0. The molecule has 0 saturated carbocycles. The van der Waals surface area contributed by atoms with Crippen LogP contribution in [-0.2, 0) is 16.0 Å². The second kappa shape index (κ2) is 7.17. The predicted molar refractivity (Wildman–Crippen MR) is 96.4 cm³/mol. The van der Waals surface area contributed by atoms with E-state index in [2.05, 4.69) is 34.6 Å². The Hall–Kier alpha value is -2.50.